The summed E-state index contributed by atoms with van der Waals surface area (Å²) in [6.07, 6.45) is 8.69. The monoisotopic (exact) mass is 448 g/mol. The van der Waals surface area contributed by atoms with Gasteiger partial charge >= 0.3 is 0 Å². The van der Waals surface area contributed by atoms with Crippen LogP contribution in [0.4, 0.5) is 10.1 Å². The number of imidazole rings is 1. The molecule has 0 bridgehead atoms. The van der Waals surface area contributed by atoms with Gasteiger partial charge in [-0.1, -0.05) is 6.07 Å². The Morgan fingerprint density at radius 2 is 2.12 bits per heavy atom. The number of hydrogen-bond acceptors (Lipinski definition) is 4. The maximum Gasteiger partial charge on any atom is 0.257 e. The second kappa shape index (κ2) is 7.95. The molecule has 8 heteroatoms. The molecule has 1 saturated carbocycles. The number of aromatic nitrogens is 4. The summed E-state index contributed by atoms with van der Waals surface area (Å²) in [5, 5.41) is 12.0. The first-order chi connectivity index (χ1) is 15.8. The minimum atomic E-state index is -0.481. The molecule has 1 aromatic carbocycles. The lowest BCUT2D eigenvalue weighted by Crippen LogP contribution is -2.36. The molecule has 1 amide bonds. The van der Waals surface area contributed by atoms with E-state index >= 15 is 0 Å². The molecule has 1 aliphatic rings. The maximum atomic E-state index is 14.5. The summed E-state index contributed by atoms with van der Waals surface area (Å²) < 4.78 is 17.9. The number of carbonyl (C=O) groups is 1. The van der Waals surface area contributed by atoms with E-state index in [1.165, 1.54) is 11.6 Å². The van der Waals surface area contributed by atoms with Gasteiger partial charge in [0.05, 0.1) is 16.9 Å². The number of aryl methyl sites for hydroxylation is 2. The average molecular weight is 449 g/mol. The summed E-state index contributed by atoms with van der Waals surface area (Å²) in [4.78, 5) is 17.4. The predicted molar refractivity (Wildman–Crippen MR) is 127 cm³/mol. The topological polar surface area (TPSA) is 76.2 Å². The second-order valence-corrected chi connectivity index (χ2v) is 9.34. The Morgan fingerprint density at radius 1 is 1.30 bits per heavy atom. The van der Waals surface area contributed by atoms with Gasteiger partial charge in [0.25, 0.3) is 5.91 Å². The van der Waals surface area contributed by atoms with Crippen LogP contribution in [0.3, 0.4) is 0 Å². The third-order valence-electron chi connectivity index (χ3n) is 7.00. The fourth-order valence-corrected chi connectivity index (χ4v) is 5.05. The number of nitrogens with one attached hydrogen (secondary N) is 2. The number of hydrogen-bond donors (Lipinski definition) is 2. The van der Waals surface area contributed by atoms with Crippen molar-refractivity contribution in [1.29, 1.82) is 0 Å². The molecule has 0 saturated heterocycles. The lowest BCUT2D eigenvalue weighted by atomic mass is 9.90. The van der Waals surface area contributed by atoms with Gasteiger partial charge in [-0.15, -0.1) is 0 Å². The molecule has 0 radical (unpaired) electrons. The van der Waals surface area contributed by atoms with Crippen molar-refractivity contribution in [2.24, 2.45) is 0 Å². The molecule has 1 aliphatic carbocycles. The van der Waals surface area contributed by atoms with Crippen molar-refractivity contribution >= 4 is 28.1 Å². The Morgan fingerprint density at radius 3 is 2.85 bits per heavy atom. The summed E-state index contributed by atoms with van der Waals surface area (Å²) in [5.74, 6) is -0.377. The van der Waals surface area contributed by atoms with Gasteiger partial charge in [-0.05, 0) is 64.6 Å². The molecule has 0 aliphatic heterocycles. The molecular weight excluding hydrogens is 419 g/mol. The van der Waals surface area contributed by atoms with Crippen LogP contribution in [0.25, 0.3) is 16.6 Å². The lowest BCUT2D eigenvalue weighted by molar-refractivity contribution is 0.102. The van der Waals surface area contributed by atoms with Gasteiger partial charge in [0.1, 0.15) is 5.52 Å². The van der Waals surface area contributed by atoms with Crippen molar-refractivity contribution in [3.05, 3.63) is 59.4 Å². The number of rotatable bonds is 5. The van der Waals surface area contributed by atoms with Crippen LogP contribution < -0.4 is 10.6 Å². The number of nitrogens with zero attached hydrogens (tertiary/aromatic N) is 4. The standard InChI is InChI=1S/C25H29FN6O/c1-5-32-14-20-18(16-8-9-25(3,11-16)27-4)6-7-19(22(20)30-32)24(33)29-17-10-21(26)23-28-15(2)12-31(23)13-17/h6-7,10,12-14,16,27H,5,8-9,11H2,1-4H3,(H,29,33). The van der Waals surface area contributed by atoms with Crippen molar-refractivity contribution in [3.8, 4) is 0 Å². The molecule has 2 atom stereocenters. The van der Waals surface area contributed by atoms with E-state index < -0.39 is 5.82 Å². The smallest absolute Gasteiger partial charge is 0.257 e. The van der Waals surface area contributed by atoms with E-state index in [-0.39, 0.29) is 17.1 Å². The highest BCUT2D eigenvalue weighted by molar-refractivity contribution is 6.12. The zero-order valence-corrected chi connectivity index (χ0v) is 19.4. The summed E-state index contributed by atoms with van der Waals surface area (Å²) in [6.45, 7) is 6.82. The van der Waals surface area contributed by atoms with Crippen molar-refractivity contribution in [2.75, 3.05) is 12.4 Å². The minimum Gasteiger partial charge on any atom is -0.320 e. The molecule has 3 aromatic heterocycles. The van der Waals surface area contributed by atoms with Gasteiger partial charge in [0.15, 0.2) is 11.5 Å². The minimum absolute atomic E-state index is 0.127. The number of carbonyl (C=O) groups excluding carboxylic acids is 1. The van der Waals surface area contributed by atoms with E-state index in [0.29, 0.717) is 28.4 Å². The average Bonchev–Trinajstić information content (AvgIpc) is 3.49. The van der Waals surface area contributed by atoms with Crippen LogP contribution in [0.2, 0.25) is 0 Å². The van der Waals surface area contributed by atoms with E-state index in [2.05, 4.69) is 28.6 Å². The summed E-state index contributed by atoms with van der Waals surface area (Å²) in [6, 6.07) is 5.21. The summed E-state index contributed by atoms with van der Waals surface area (Å²) in [5.41, 5.74) is 3.85. The number of pyridine rings is 1. The SMILES string of the molecule is CCn1cc2c(C3CCC(C)(NC)C3)ccc(C(=O)Nc3cc(F)c4nc(C)cn4c3)c2n1. The highest BCUT2D eigenvalue weighted by atomic mass is 19.1. The van der Waals surface area contributed by atoms with Crippen molar-refractivity contribution < 1.29 is 9.18 Å². The van der Waals surface area contributed by atoms with Gasteiger partial charge in [-0.3, -0.25) is 9.48 Å². The van der Waals surface area contributed by atoms with Gasteiger partial charge in [0.2, 0.25) is 0 Å². The summed E-state index contributed by atoms with van der Waals surface area (Å²) in [7, 11) is 2.02. The highest BCUT2D eigenvalue weighted by Gasteiger charge is 2.35. The Balaban J connectivity index is 1.51. The number of anilines is 1. The van der Waals surface area contributed by atoms with Crippen LogP contribution >= 0.6 is 0 Å². The molecule has 0 spiro atoms. The summed E-state index contributed by atoms with van der Waals surface area (Å²) >= 11 is 0. The Hall–Kier alpha value is -3.26. The molecule has 5 rings (SSSR count). The Labute approximate surface area is 192 Å². The van der Waals surface area contributed by atoms with Gasteiger partial charge in [-0.2, -0.15) is 5.10 Å². The van der Waals surface area contributed by atoms with Crippen LogP contribution in [0.5, 0.6) is 0 Å². The van der Waals surface area contributed by atoms with E-state index in [4.69, 9.17) is 5.10 Å². The lowest BCUT2D eigenvalue weighted by Gasteiger charge is -2.23. The van der Waals surface area contributed by atoms with Crippen molar-refractivity contribution in [3.63, 3.8) is 0 Å². The maximum absolute atomic E-state index is 14.5. The number of halogens is 1. The molecule has 2 unspecified atom stereocenters. The highest BCUT2D eigenvalue weighted by Crippen LogP contribution is 2.43. The van der Waals surface area contributed by atoms with Crippen LogP contribution in [0.1, 0.15) is 60.6 Å². The zero-order chi connectivity index (χ0) is 23.3. The molecule has 172 valence electrons. The molecule has 1 fully saturated rings. The van der Waals surface area contributed by atoms with Gasteiger partial charge in [-0.25, -0.2) is 9.37 Å². The number of benzene rings is 1. The first-order valence-electron chi connectivity index (χ1n) is 11.5. The first kappa shape index (κ1) is 21.6. The Kier molecular flexibility index (Phi) is 5.20. The molecular formula is C25H29FN6O. The molecule has 33 heavy (non-hydrogen) atoms. The van der Waals surface area contributed by atoms with Gasteiger partial charge in [0, 0.05) is 42.1 Å². The van der Waals surface area contributed by atoms with Crippen LogP contribution in [0.15, 0.2) is 36.8 Å². The third kappa shape index (κ3) is 3.78. The molecule has 7 nitrogen and oxygen atoms in total. The van der Waals surface area contributed by atoms with E-state index in [1.807, 2.05) is 30.9 Å². The fraction of sp³-hybridized carbons (Fsp3) is 0.400. The number of fused-ring (bicyclic) bond motifs is 2. The first-order valence-corrected chi connectivity index (χ1v) is 11.5. The Bertz CT molecular complexity index is 1370. The van der Waals surface area contributed by atoms with Crippen LogP contribution in [0, 0.1) is 12.7 Å². The largest absolute Gasteiger partial charge is 0.320 e. The quantitative estimate of drug-likeness (QED) is 0.466. The second-order valence-electron chi connectivity index (χ2n) is 9.34. The fourth-order valence-electron chi connectivity index (χ4n) is 5.05. The predicted octanol–water partition coefficient (Wildman–Crippen LogP) is 4.65. The van der Waals surface area contributed by atoms with Crippen LogP contribution in [-0.4, -0.2) is 37.7 Å². The van der Waals surface area contributed by atoms with Gasteiger partial charge < -0.3 is 15.0 Å². The van der Waals surface area contributed by atoms with Crippen molar-refractivity contribution in [2.45, 2.75) is 58.0 Å². The van der Waals surface area contributed by atoms with E-state index in [1.54, 1.807) is 23.7 Å². The van der Waals surface area contributed by atoms with E-state index in [9.17, 15) is 9.18 Å². The normalized spacial score (nSPS) is 20.7. The van der Waals surface area contributed by atoms with E-state index in [0.717, 1.165) is 31.2 Å². The number of amides is 1. The zero-order valence-electron chi connectivity index (χ0n) is 19.4. The molecule has 4 aromatic rings. The third-order valence-corrected chi connectivity index (χ3v) is 7.00. The molecule has 2 N–H and O–H groups in total. The van der Waals surface area contributed by atoms with Crippen molar-refractivity contribution in [1.82, 2.24) is 24.5 Å². The van der Waals surface area contributed by atoms with Crippen LogP contribution in [-0.2, 0) is 6.54 Å². The molecule has 3 heterocycles.